The van der Waals surface area contributed by atoms with E-state index in [4.69, 9.17) is 9.72 Å². The Morgan fingerprint density at radius 1 is 1.33 bits per heavy atom. The maximum Gasteiger partial charge on any atom is 0.248 e. The third-order valence-electron chi connectivity index (χ3n) is 4.35. The number of benzene rings is 1. The number of hydrogen-bond acceptors (Lipinski definition) is 3. The Kier molecular flexibility index (Phi) is 5.20. The quantitative estimate of drug-likeness (QED) is 0.865. The van der Waals surface area contributed by atoms with Crippen LogP contribution in [0.15, 0.2) is 42.5 Å². The van der Waals surface area contributed by atoms with Crippen LogP contribution in [-0.4, -0.2) is 42.6 Å². The summed E-state index contributed by atoms with van der Waals surface area (Å²) in [5.41, 5.74) is 2.47. The van der Waals surface area contributed by atoms with Crippen LogP contribution in [0, 0.1) is 5.82 Å². The normalized spacial score (nSPS) is 17.8. The molecule has 5 heteroatoms. The van der Waals surface area contributed by atoms with Crippen LogP contribution in [0.2, 0.25) is 0 Å². The molecule has 126 valence electrons. The van der Waals surface area contributed by atoms with Gasteiger partial charge in [-0.25, -0.2) is 4.39 Å². The van der Waals surface area contributed by atoms with Gasteiger partial charge in [0.15, 0.2) is 0 Å². The van der Waals surface area contributed by atoms with Crippen molar-refractivity contribution in [3.63, 3.8) is 0 Å². The van der Waals surface area contributed by atoms with Crippen molar-refractivity contribution >= 4 is 5.91 Å². The third-order valence-corrected chi connectivity index (χ3v) is 4.35. The van der Waals surface area contributed by atoms with E-state index < -0.39 is 0 Å². The van der Waals surface area contributed by atoms with Gasteiger partial charge in [0.1, 0.15) is 12.4 Å². The number of nitrogens with zero attached hydrogens (tertiary/aromatic N) is 2. The summed E-state index contributed by atoms with van der Waals surface area (Å²) in [5.74, 6) is -0.0507. The Bertz CT molecular complexity index is 720. The smallest absolute Gasteiger partial charge is 0.248 e. The second-order valence-corrected chi connectivity index (χ2v) is 6.07. The summed E-state index contributed by atoms with van der Waals surface area (Å²) in [6.07, 6.45) is 1.95. The number of pyridine rings is 1. The van der Waals surface area contributed by atoms with Crippen molar-refractivity contribution in [1.82, 2.24) is 9.88 Å². The molecule has 0 radical (unpaired) electrons. The van der Waals surface area contributed by atoms with Gasteiger partial charge in [-0.3, -0.25) is 9.78 Å². The Hall–Kier alpha value is -2.27. The molecule has 2 aromatic rings. The van der Waals surface area contributed by atoms with Gasteiger partial charge in [-0.15, -0.1) is 0 Å². The highest BCUT2D eigenvalue weighted by atomic mass is 19.1. The molecule has 4 nitrogen and oxygen atoms in total. The van der Waals surface area contributed by atoms with Crippen molar-refractivity contribution in [3.05, 3.63) is 54.0 Å². The SMILES string of the molecule is COCC(=O)N1CCCC(c2cccc(-c3cccc(F)c3)n2)C1. The number of likely N-dealkylation sites (tertiary alicyclic amines) is 1. The molecule has 1 amide bonds. The standard InChI is InChI=1S/C19H21FN2O2/c1-24-13-19(23)22-10-4-6-15(12-22)18-9-3-8-17(21-18)14-5-2-7-16(20)11-14/h2-3,5,7-9,11,15H,4,6,10,12-13H2,1H3. The molecule has 0 bridgehead atoms. The van der Waals surface area contributed by atoms with Gasteiger partial charge in [-0.05, 0) is 37.1 Å². The molecule has 1 aliphatic heterocycles. The zero-order valence-electron chi connectivity index (χ0n) is 13.7. The van der Waals surface area contributed by atoms with Crippen molar-refractivity contribution < 1.29 is 13.9 Å². The third kappa shape index (κ3) is 3.79. The fourth-order valence-corrected chi connectivity index (χ4v) is 3.15. The van der Waals surface area contributed by atoms with E-state index in [1.807, 2.05) is 29.2 Å². The number of piperidine rings is 1. The first-order valence-electron chi connectivity index (χ1n) is 8.17. The zero-order valence-corrected chi connectivity index (χ0v) is 13.7. The van der Waals surface area contributed by atoms with E-state index in [-0.39, 0.29) is 24.2 Å². The van der Waals surface area contributed by atoms with E-state index in [0.29, 0.717) is 6.54 Å². The average Bonchev–Trinajstić information content (AvgIpc) is 2.62. The number of amides is 1. The first-order chi connectivity index (χ1) is 11.7. The zero-order chi connectivity index (χ0) is 16.9. The number of halogens is 1. The lowest BCUT2D eigenvalue weighted by Crippen LogP contribution is -2.41. The van der Waals surface area contributed by atoms with Crippen molar-refractivity contribution in [2.24, 2.45) is 0 Å². The predicted molar refractivity (Wildman–Crippen MR) is 90.1 cm³/mol. The average molecular weight is 328 g/mol. The van der Waals surface area contributed by atoms with Crippen LogP contribution >= 0.6 is 0 Å². The largest absolute Gasteiger partial charge is 0.375 e. The van der Waals surface area contributed by atoms with Crippen LogP contribution < -0.4 is 0 Å². The van der Waals surface area contributed by atoms with Gasteiger partial charge >= 0.3 is 0 Å². The topological polar surface area (TPSA) is 42.4 Å². The first kappa shape index (κ1) is 16.6. The van der Waals surface area contributed by atoms with Gasteiger partial charge in [-0.2, -0.15) is 0 Å². The monoisotopic (exact) mass is 328 g/mol. The lowest BCUT2D eigenvalue weighted by Gasteiger charge is -2.32. The number of aromatic nitrogens is 1. The number of carbonyl (C=O) groups excluding carboxylic acids is 1. The summed E-state index contributed by atoms with van der Waals surface area (Å²) in [4.78, 5) is 18.6. The van der Waals surface area contributed by atoms with E-state index in [0.717, 1.165) is 36.3 Å². The van der Waals surface area contributed by atoms with Gasteiger partial charge in [0.05, 0.1) is 5.69 Å². The fourth-order valence-electron chi connectivity index (χ4n) is 3.15. The van der Waals surface area contributed by atoms with Crippen LogP contribution in [0.5, 0.6) is 0 Å². The van der Waals surface area contributed by atoms with Crippen LogP contribution in [0.25, 0.3) is 11.3 Å². The minimum Gasteiger partial charge on any atom is -0.375 e. The Morgan fingerprint density at radius 3 is 2.96 bits per heavy atom. The van der Waals surface area contributed by atoms with Crippen molar-refractivity contribution in [2.75, 3.05) is 26.8 Å². The summed E-state index contributed by atoms with van der Waals surface area (Å²) in [5, 5.41) is 0. The Morgan fingerprint density at radius 2 is 2.17 bits per heavy atom. The lowest BCUT2D eigenvalue weighted by molar-refractivity contribution is -0.136. The summed E-state index contributed by atoms with van der Waals surface area (Å²) in [7, 11) is 1.53. The Balaban J connectivity index is 1.79. The number of ether oxygens (including phenoxy) is 1. The second kappa shape index (κ2) is 7.53. The molecular formula is C19H21FN2O2. The van der Waals surface area contributed by atoms with E-state index >= 15 is 0 Å². The maximum absolute atomic E-state index is 13.4. The molecule has 0 spiro atoms. The number of hydrogen-bond donors (Lipinski definition) is 0. The maximum atomic E-state index is 13.4. The summed E-state index contributed by atoms with van der Waals surface area (Å²) in [6, 6.07) is 12.3. The summed E-state index contributed by atoms with van der Waals surface area (Å²) in [6.45, 7) is 1.54. The van der Waals surface area contributed by atoms with E-state index in [1.54, 1.807) is 6.07 Å². The molecular weight excluding hydrogens is 307 g/mol. The highest BCUT2D eigenvalue weighted by Crippen LogP contribution is 2.28. The van der Waals surface area contributed by atoms with Gasteiger partial charge in [0.2, 0.25) is 5.91 Å². The molecule has 1 saturated heterocycles. The second-order valence-electron chi connectivity index (χ2n) is 6.07. The van der Waals surface area contributed by atoms with Crippen LogP contribution in [-0.2, 0) is 9.53 Å². The highest BCUT2D eigenvalue weighted by molar-refractivity contribution is 5.77. The fraction of sp³-hybridized carbons (Fsp3) is 0.368. The minimum absolute atomic E-state index is 0.0171. The number of carbonyl (C=O) groups is 1. The molecule has 1 aromatic carbocycles. The molecule has 0 aliphatic carbocycles. The van der Waals surface area contributed by atoms with E-state index in [9.17, 15) is 9.18 Å². The molecule has 1 fully saturated rings. The van der Waals surface area contributed by atoms with Crippen molar-refractivity contribution in [3.8, 4) is 11.3 Å². The lowest BCUT2D eigenvalue weighted by atomic mass is 9.93. The van der Waals surface area contributed by atoms with Crippen LogP contribution in [0.1, 0.15) is 24.5 Å². The summed E-state index contributed by atoms with van der Waals surface area (Å²) >= 11 is 0. The van der Waals surface area contributed by atoms with Gasteiger partial charge in [-0.1, -0.05) is 18.2 Å². The van der Waals surface area contributed by atoms with Crippen LogP contribution in [0.3, 0.4) is 0 Å². The number of methoxy groups -OCH3 is 1. The van der Waals surface area contributed by atoms with Crippen LogP contribution in [0.4, 0.5) is 4.39 Å². The minimum atomic E-state index is -0.270. The van der Waals surface area contributed by atoms with E-state index in [2.05, 4.69) is 0 Å². The van der Waals surface area contributed by atoms with Crippen molar-refractivity contribution in [1.29, 1.82) is 0 Å². The van der Waals surface area contributed by atoms with Crippen molar-refractivity contribution in [2.45, 2.75) is 18.8 Å². The molecule has 0 saturated carbocycles. The molecule has 1 aromatic heterocycles. The molecule has 3 rings (SSSR count). The van der Waals surface area contributed by atoms with Gasteiger partial charge in [0, 0.05) is 37.4 Å². The molecule has 1 aliphatic rings. The molecule has 2 heterocycles. The highest BCUT2D eigenvalue weighted by Gasteiger charge is 2.25. The molecule has 0 N–H and O–H groups in total. The molecule has 1 unspecified atom stereocenters. The molecule has 1 atom stereocenters. The van der Waals surface area contributed by atoms with Gasteiger partial charge < -0.3 is 9.64 Å². The predicted octanol–water partition coefficient (Wildman–Crippen LogP) is 3.24. The molecule has 24 heavy (non-hydrogen) atoms. The summed E-state index contributed by atoms with van der Waals surface area (Å²) < 4.78 is 18.4. The first-order valence-corrected chi connectivity index (χ1v) is 8.17. The van der Waals surface area contributed by atoms with Gasteiger partial charge in [0.25, 0.3) is 0 Å². The number of rotatable bonds is 4. The van der Waals surface area contributed by atoms with E-state index in [1.165, 1.54) is 19.2 Å². The Labute approximate surface area is 141 Å².